The van der Waals surface area contributed by atoms with E-state index in [1.807, 2.05) is 12.1 Å². The molecule has 0 N–H and O–H groups in total. The van der Waals surface area contributed by atoms with Crippen molar-refractivity contribution in [2.45, 2.75) is 0 Å². The summed E-state index contributed by atoms with van der Waals surface area (Å²) in [6.45, 7) is 0. The zero-order chi connectivity index (χ0) is 20.4. The second-order valence-corrected chi connectivity index (χ2v) is 7.26. The molecular weight excluding hydrogens is 432 g/mol. The number of barbiturate groups is 1. The van der Waals surface area contributed by atoms with Crippen molar-refractivity contribution in [3.05, 3.63) is 101 Å². The van der Waals surface area contributed by atoms with Crippen LogP contribution in [-0.4, -0.2) is 17.8 Å². The number of benzene rings is 3. The number of para-hydroxylation sites is 2. The molecule has 0 aliphatic carbocycles. The van der Waals surface area contributed by atoms with Crippen molar-refractivity contribution in [1.82, 2.24) is 0 Å². The molecule has 1 aliphatic rings. The van der Waals surface area contributed by atoms with Crippen LogP contribution in [0, 0.1) is 0 Å². The van der Waals surface area contributed by atoms with Crippen LogP contribution >= 0.6 is 15.9 Å². The largest absolute Gasteiger partial charge is 0.343 e. The summed E-state index contributed by atoms with van der Waals surface area (Å²) in [7, 11) is 0. The van der Waals surface area contributed by atoms with Gasteiger partial charge < -0.3 is 0 Å². The van der Waals surface area contributed by atoms with E-state index in [0.29, 0.717) is 16.9 Å². The number of amides is 4. The summed E-state index contributed by atoms with van der Waals surface area (Å²) in [5.74, 6) is -1.31. The molecule has 0 atom stereocenters. The van der Waals surface area contributed by atoms with E-state index in [0.717, 1.165) is 14.3 Å². The fourth-order valence-corrected chi connectivity index (χ4v) is 3.52. The Morgan fingerprint density at radius 1 is 0.655 bits per heavy atom. The maximum Gasteiger partial charge on any atom is 0.343 e. The number of hydrogen-bond donors (Lipinski definition) is 0. The van der Waals surface area contributed by atoms with Crippen LogP contribution in [0.1, 0.15) is 5.56 Å². The van der Waals surface area contributed by atoms with E-state index in [2.05, 4.69) is 15.9 Å². The summed E-state index contributed by atoms with van der Waals surface area (Å²) in [4.78, 5) is 41.6. The fourth-order valence-electron chi connectivity index (χ4n) is 3.10. The van der Waals surface area contributed by atoms with Gasteiger partial charge in [-0.15, -0.1) is 0 Å². The van der Waals surface area contributed by atoms with Crippen molar-refractivity contribution in [2.24, 2.45) is 0 Å². The Kier molecular flexibility index (Phi) is 5.10. The van der Waals surface area contributed by atoms with Gasteiger partial charge in [0.15, 0.2) is 0 Å². The highest BCUT2D eigenvalue weighted by atomic mass is 79.9. The average molecular weight is 447 g/mol. The lowest BCUT2D eigenvalue weighted by Gasteiger charge is -2.33. The molecule has 1 heterocycles. The van der Waals surface area contributed by atoms with Gasteiger partial charge in [-0.05, 0) is 48.0 Å². The smallest absolute Gasteiger partial charge is 0.268 e. The Bertz CT molecular complexity index is 1060. The minimum Gasteiger partial charge on any atom is -0.268 e. The summed E-state index contributed by atoms with van der Waals surface area (Å²) in [6.07, 6.45) is 1.51. The van der Waals surface area contributed by atoms with Gasteiger partial charge in [-0.2, -0.15) is 0 Å². The molecule has 5 nitrogen and oxygen atoms in total. The molecule has 1 fully saturated rings. The van der Waals surface area contributed by atoms with Crippen molar-refractivity contribution in [1.29, 1.82) is 0 Å². The van der Waals surface area contributed by atoms with Crippen LogP contribution in [0.15, 0.2) is 95.0 Å². The molecule has 0 radical (unpaired) electrons. The zero-order valence-electron chi connectivity index (χ0n) is 15.2. The molecule has 3 aromatic carbocycles. The Hall–Kier alpha value is -3.51. The highest BCUT2D eigenvalue weighted by molar-refractivity contribution is 9.10. The van der Waals surface area contributed by atoms with Gasteiger partial charge in [0, 0.05) is 4.47 Å². The van der Waals surface area contributed by atoms with Gasteiger partial charge in [0.05, 0.1) is 11.4 Å². The average Bonchev–Trinajstić information content (AvgIpc) is 2.73. The summed E-state index contributed by atoms with van der Waals surface area (Å²) in [6, 6.07) is 23.7. The van der Waals surface area contributed by atoms with Crippen molar-refractivity contribution >= 4 is 51.2 Å². The predicted molar refractivity (Wildman–Crippen MR) is 115 cm³/mol. The predicted octanol–water partition coefficient (Wildman–Crippen LogP) is 5.03. The van der Waals surface area contributed by atoms with Gasteiger partial charge in [-0.25, -0.2) is 14.6 Å². The van der Waals surface area contributed by atoms with E-state index in [1.165, 1.54) is 6.08 Å². The molecule has 4 rings (SSSR count). The number of imide groups is 2. The third-order valence-electron chi connectivity index (χ3n) is 4.44. The molecule has 0 unspecified atom stereocenters. The number of carbonyl (C=O) groups excluding carboxylic acids is 3. The number of hydrogen-bond acceptors (Lipinski definition) is 3. The fraction of sp³-hybridized carbons (Fsp3) is 0. The molecule has 1 aliphatic heterocycles. The summed E-state index contributed by atoms with van der Waals surface area (Å²) < 4.78 is 0.818. The number of urea groups is 1. The van der Waals surface area contributed by atoms with Crippen LogP contribution in [-0.2, 0) is 9.59 Å². The molecule has 6 heteroatoms. The summed E-state index contributed by atoms with van der Waals surface area (Å²) >= 11 is 3.39. The van der Waals surface area contributed by atoms with Crippen LogP contribution in [0.4, 0.5) is 16.2 Å². The first-order valence-electron chi connectivity index (χ1n) is 8.86. The van der Waals surface area contributed by atoms with E-state index in [9.17, 15) is 14.4 Å². The molecule has 1 saturated heterocycles. The standard InChI is InChI=1S/C23H15BrN2O3/c24-17-9-7-8-16(14-17)15-20-21(27)25(18-10-3-1-4-11-18)23(29)26(22(20)28)19-12-5-2-6-13-19/h1-15H. The van der Waals surface area contributed by atoms with Crippen molar-refractivity contribution in [2.75, 3.05) is 9.80 Å². The van der Waals surface area contributed by atoms with Crippen molar-refractivity contribution in [3.63, 3.8) is 0 Å². The molecule has 29 heavy (non-hydrogen) atoms. The second-order valence-electron chi connectivity index (χ2n) is 6.35. The SMILES string of the molecule is O=C1C(=Cc2cccc(Br)c2)C(=O)N(c2ccccc2)C(=O)N1c1ccccc1. The molecule has 0 saturated carbocycles. The van der Waals surface area contributed by atoms with Gasteiger partial charge in [-0.1, -0.05) is 64.5 Å². The number of nitrogens with zero attached hydrogens (tertiary/aromatic N) is 2. The second kappa shape index (κ2) is 7.85. The summed E-state index contributed by atoms with van der Waals surface area (Å²) in [5, 5.41) is 0. The first-order chi connectivity index (χ1) is 14.1. The van der Waals surface area contributed by atoms with Crippen LogP contribution in [0.3, 0.4) is 0 Å². The number of halogens is 1. The van der Waals surface area contributed by atoms with E-state index in [4.69, 9.17) is 0 Å². The maximum atomic E-state index is 13.2. The van der Waals surface area contributed by atoms with E-state index in [1.54, 1.807) is 72.8 Å². The number of carbonyl (C=O) groups is 3. The Morgan fingerprint density at radius 3 is 1.66 bits per heavy atom. The highest BCUT2D eigenvalue weighted by Gasteiger charge is 2.43. The van der Waals surface area contributed by atoms with Crippen LogP contribution in [0.2, 0.25) is 0 Å². The topological polar surface area (TPSA) is 57.7 Å². The lowest BCUT2D eigenvalue weighted by Crippen LogP contribution is -2.57. The van der Waals surface area contributed by atoms with Crippen LogP contribution < -0.4 is 9.80 Å². The normalized spacial score (nSPS) is 14.4. The third-order valence-corrected chi connectivity index (χ3v) is 4.93. The molecule has 0 aromatic heterocycles. The van der Waals surface area contributed by atoms with Gasteiger partial charge in [0.2, 0.25) is 0 Å². The van der Waals surface area contributed by atoms with E-state index < -0.39 is 17.8 Å². The minimum atomic E-state index is -0.705. The highest BCUT2D eigenvalue weighted by Crippen LogP contribution is 2.29. The minimum absolute atomic E-state index is 0.0876. The number of rotatable bonds is 3. The quantitative estimate of drug-likeness (QED) is 0.418. The maximum absolute atomic E-state index is 13.2. The van der Waals surface area contributed by atoms with Gasteiger partial charge >= 0.3 is 6.03 Å². The molecule has 4 amide bonds. The lowest BCUT2D eigenvalue weighted by molar-refractivity contribution is -0.121. The van der Waals surface area contributed by atoms with E-state index >= 15 is 0 Å². The van der Waals surface area contributed by atoms with Crippen molar-refractivity contribution in [3.8, 4) is 0 Å². The van der Waals surface area contributed by atoms with E-state index in [-0.39, 0.29) is 5.57 Å². The van der Waals surface area contributed by atoms with Gasteiger partial charge in [-0.3, -0.25) is 9.59 Å². The molecule has 3 aromatic rings. The first kappa shape index (κ1) is 18.8. The van der Waals surface area contributed by atoms with Crippen molar-refractivity contribution < 1.29 is 14.4 Å². The first-order valence-corrected chi connectivity index (χ1v) is 9.66. The Balaban J connectivity index is 1.87. The Labute approximate surface area is 176 Å². The zero-order valence-corrected chi connectivity index (χ0v) is 16.7. The lowest BCUT2D eigenvalue weighted by atomic mass is 10.0. The molecular formula is C23H15BrN2O3. The molecule has 0 bridgehead atoms. The number of anilines is 2. The van der Waals surface area contributed by atoms with Crippen LogP contribution in [0.5, 0.6) is 0 Å². The third kappa shape index (κ3) is 3.62. The van der Waals surface area contributed by atoms with Crippen LogP contribution in [0.25, 0.3) is 6.08 Å². The van der Waals surface area contributed by atoms with Gasteiger partial charge in [0.1, 0.15) is 5.57 Å². The molecule has 0 spiro atoms. The molecule has 142 valence electrons. The van der Waals surface area contributed by atoms with Gasteiger partial charge in [0.25, 0.3) is 11.8 Å². The Morgan fingerprint density at radius 2 is 1.17 bits per heavy atom. The monoisotopic (exact) mass is 446 g/mol. The summed E-state index contributed by atoms with van der Waals surface area (Å²) in [5.41, 5.74) is 1.38.